The molecule has 2 N–H and O–H groups in total. The second-order valence-corrected chi connectivity index (χ2v) is 5.08. The van der Waals surface area contributed by atoms with Crippen LogP contribution in [0.2, 0.25) is 0 Å². The summed E-state index contributed by atoms with van der Waals surface area (Å²) in [6.45, 7) is 5.07. The Labute approximate surface area is 113 Å². The van der Waals surface area contributed by atoms with Crippen molar-refractivity contribution in [1.82, 2.24) is 20.5 Å². The molecule has 0 atom stereocenters. The van der Waals surface area contributed by atoms with E-state index in [1.165, 1.54) is 0 Å². The molecular weight excluding hydrogens is 238 g/mol. The van der Waals surface area contributed by atoms with Gasteiger partial charge in [0.1, 0.15) is 5.82 Å². The lowest BCUT2D eigenvalue weighted by molar-refractivity contribution is 0.527. The van der Waals surface area contributed by atoms with Crippen LogP contribution >= 0.6 is 0 Å². The summed E-state index contributed by atoms with van der Waals surface area (Å²) >= 11 is 0. The monoisotopic (exact) mass is 257 g/mol. The average Bonchev–Trinajstić information content (AvgIpc) is 2.40. The summed E-state index contributed by atoms with van der Waals surface area (Å²) in [7, 11) is 1.93. The third-order valence-electron chi connectivity index (χ3n) is 2.73. The van der Waals surface area contributed by atoms with E-state index in [0.29, 0.717) is 0 Å². The number of hydrogen-bond acceptors (Lipinski definition) is 5. The highest BCUT2D eigenvalue weighted by Gasteiger charge is 2.16. The molecule has 2 heterocycles. The van der Waals surface area contributed by atoms with Crippen LogP contribution in [0.15, 0.2) is 36.7 Å². The summed E-state index contributed by atoms with van der Waals surface area (Å²) < 4.78 is 0. The Morgan fingerprint density at radius 1 is 1.05 bits per heavy atom. The minimum atomic E-state index is -0.0678. The third-order valence-corrected chi connectivity index (χ3v) is 2.73. The number of hydrogen-bond donors (Lipinski definition) is 2. The summed E-state index contributed by atoms with van der Waals surface area (Å²) in [6, 6.07) is 7.74. The van der Waals surface area contributed by atoms with Crippen molar-refractivity contribution >= 4 is 5.82 Å². The smallest absolute Gasteiger partial charge is 0.149 e. The number of rotatable bonds is 5. The van der Waals surface area contributed by atoms with E-state index in [1.807, 2.05) is 31.3 Å². The first kappa shape index (κ1) is 13.4. The Bertz CT molecular complexity index is 507. The molecule has 0 amide bonds. The van der Waals surface area contributed by atoms with Crippen LogP contribution in [0.25, 0.3) is 11.3 Å². The number of anilines is 1. The van der Waals surface area contributed by atoms with E-state index >= 15 is 0 Å². The lowest BCUT2D eigenvalue weighted by Crippen LogP contribution is -2.40. The van der Waals surface area contributed by atoms with Crippen LogP contribution in [0.1, 0.15) is 13.8 Å². The van der Waals surface area contributed by atoms with Crippen molar-refractivity contribution in [3.8, 4) is 11.3 Å². The van der Waals surface area contributed by atoms with Gasteiger partial charge in [-0.3, -0.25) is 4.98 Å². The molecule has 19 heavy (non-hydrogen) atoms. The summed E-state index contributed by atoms with van der Waals surface area (Å²) in [4.78, 5) is 3.99. The van der Waals surface area contributed by atoms with Gasteiger partial charge in [-0.1, -0.05) is 0 Å². The first-order valence-corrected chi connectivity index (χ1v) is 6.28. The highest BCUT2D eigenvalue weighted by molar-refractivity contribution is 5.58. The van der Waals surface area contributed by atoms with Gasteiger partial charge in [-0.25, -0.2) is 0 Å². The van der Waals surface area contributed by atoms with Crippen LogP contribution in [0.3, 0.4) is 0 Å². The van der Waals surface area contributed by atoms with E-state index in [2.05, 4.69) is 39.7 Å². The highest BCUT2D eigenvalue weighted by atomic mass is 15.2. The molecule has 0 unspecified atom stereocenters. The van der Waals surface area contributed by atoms with Crippen LogP contribution in [0, 0.1) is 0 Å². The second-order valence-electron chi connectivity index (χ2n) is 5.08. The molecular formula is C14H19N5. The number of pyridine rings is 1. The molecule has 0 saturated heterocycles. The van der Waals surface area contributed by atoms with Crippen molar-refractivity contribution in [2.24, 2.45) is 0 Å². The van der Waals surface area contributed by atoms with Crippen molar-refractivity contribution in [3.63, 3.8) is 0 Å². The molecule has 2 rings (SSSR count). The fraction of sp³-hybridized carbons (Fsp3) is 0.357. The van der Waals surface area contributed by atoms with Crippen LogP contribution in [0.5, 0.6) is 0 Å². The van der Waals surface area contributed by atoms with E-state index in [-0.39, 0.29) is 5.54 Å². The first-order valence-electron chi connectivity index (χ1n) is 6.28. The Balaban J connectivity index is 2.11. The molecule has 0 aliphatic carbocycles. The van der Waals surface area contributed by atoms with Gasteiger partial charge in [0.25, 0.3) is 0 Å². The molecule has 100 valence electrons. The molecule has 0 aromatic carbocycles. The van der Waals surface area contributed by atoms with E-state index in [0.717, 1.165) is 23.6 Å². The van der Waals surface area contributed by atoms with E-state index in [4.69, 9.17) is 0 Å². The molecule has 0 spiro atoms. The SMILES string of the molecule is CNCC(C)(C)Nc1ccc(-c2ccncc2)nn1. The molecule has 0 radical (unpaired) electrons. The predicted octanol–water partition coefficient (Wildman–Crippen LogP) is 1.95. The maximum Gasteiger partial charge on any atom is 0.149 e. The Kier molecular flexibility index (Phi) is 4.06. The zero-order valence-electron chi connectivity index (χ0n) is 11.5. The van der Waals surface area contributed by atoms with Gasteiger partial charge >= 0.3 is 0 Å². The van der Waals surface area contributed by atoms with Gasteiger partial charge in [-0.2, -0.15) is 0 Å². The molecule has 0 bridgehead atoms. The molecule has 0 aliphatic rings. The average molecular weight is 257 g/mol. The number of nitrogens with one attached hydrogen (secondary N) is 2. The molecule has 5 heteroatoms. The van der Waals surface area contributed by atoms with Crippen molar-refractivity contribution < 1.29 is 0 Å². The lowest BCUT2D eigenvalue weighted by Gasteiger charge is -2.26. The van der Waals surface area contributed by atoms with E-state index in [9.17, 15) is 0 Å². The van der Waals surface area contributed by atoms with Gasteiger partial charge in [0, 0.05) is 30.0 Å². The molecule has 0 aliphatic heterocycles. The first-order chi connectivity index (χ1) is 9.11. The summed E-state index contributed by atoms with van der Waals surface area (Å²) in [5, 5.41) is 14.9. The lowest BCUT2D eigenvalue weighted by atomic mass is 10.1. The van der Waals surface area contributed by atoms with Gasteiger partial charge in [-0.15, -0.1) is 10.2 Å². The standard InChI is InChI=1S/C14H19N5/c1-14(2,10-15-3)17-13-5-4-12(18-19-13)11-6-8-16-9-7-11/h4-9,15H,10H2,1-3H3,(H,17,19). The van der Waals surface area contributed by atoms with Crippen LogP contribution in [-0.4, -0.2) is 34.3 Å². The third kappa shape index (κ3) is 3.72. The van der Waals surface area contributed by atoms with Crippen molar-refractivity contribution in [2.45, 2.75) is 19.4 Å². The van der Waals surface area contributed by atoms with Gasteiger partial charge < -0.3 is 10.6 Å². The maximum absolute atomic E-state index is 4.23. The van der Waals surface area contributed by atoms with Crippen molar-refractivity contribution in [3.05, 3.63) is 36.7 Å². The van der Waals surface area contributed by atoms with Gasteiger partial charge in [0.05, 0.1) is 5.69 Å². The van der Waals surface area contributed by atoms with E-state index < -0.39 is 0 Å². The minimum absolute atomic E-state index is 0.0678. The number of aromatic nitrogens is 3. The Morgan fingerprint density at radius 2 is 1.79 bits per heavy atom. The van der Waals surface area contributed by atoms with Gasteiger partial charge in [0.15, 0.2) is 0 Å². The summed E-state index contributed by atoms with van der Waals surface area (Å²) in [5.41, 5.74) is 1.80. The van der Waals surface area contributed by atoms with Gasteiger partial charge in [-0.05, 0) is 45.2 Å². The molecule has 2 aromatic rings. The Hall–Kier alpha value is -2.01. The largest absolute Gasteiger partial charge is 0.362 e. The fourth-order valence-corrected chi connectivity index (χ4v) is 1.91. The van der Waals surface area contributed by atoms with Crippen LogP contribution < -0.4 is 10.6 Å². The number of likely N-dealkylation sites (N-methyl/N-ethyl adjacent to an activating group) is 1. The minimum Gasteiger partial charge on any atom is -0.362 e. The van der Waals surface area contributed by atoms with Gasteiger partial charge in [0.2, 0.25) is 0 Å². The molecule has 2 aromatic heterocycles. The van der Waals surface area contributed by atoms with Crippen LogP contribution in [0.4, 0.5) is 5.82 Å². The molecule has 5 nitrogen and oxygen atoms in total. The second kappa shape index (κ2) is 5.75. The zero-order valence-corrected chi connectivity index (χ0v) is 11.5. The zero-order chi connectivity index (χ0) is 13.7. The van der Waals surface area contributed by atoms with Crippen LogP contribution in [-0.2, 0) is 0 Å². The van der Waals surface area contributed by atoms with E-state index in [1.54, 1.807) is 12.4 Å². The highest BCUT2D eigenvalue weighted by Crippen LogP contribution is 2.17. The summed E-state index contributed by atoms with van der Waals surface area (Å²) in [6.07, 6.45) is 3.50. The number of nitrogens with zero attached hydrogens (tertiary/aromatic N) is 3. The topological polar surface area (TPSA) is 62.7 Å². The predicted molar refractivity (Wildman–Crippen MR) is 76.9 cm³/mol. The maximum atomic E-state index is 4.23. The molecule has 0 fully saturated rings. The quantitative estimate of drug-likeness (QED) is 0.857. The fourth-order valence-electron chi connectivity index (χ4n) is 1.91. The Morgan fingerprint density at radius 3 is 2.37 bits per heavy atom. The molecule has 0 saturated carbocycles. The normalized spacial score (nSPS) is 11.3. The van der Waals surface area contributed by atoms with Crippen molar-refractivity contribution in [2.75, 3.05) is 18.9 Å². The van der Waals surface area contributed by atoms with Crippen molar-refractivity contribution in [1.29, 1.82) is 0 Å². The summed E-state index contributed by atoms with van der Waals surface area (Å²) in [5.74, 6) is 0.776.